The van der Waals surface area contributed by atoms with Crippen molar-refractivity contribution in [3.63, 3.8) is 0 Å². The average Bonchev–Trinajstić information content (AvgIpc) is 2.33. The van der Waals surface area contributed by atoms with Crippen LogP contribution in [0.3, 0.4) is 0 Å². The molecule has 2 unspecified atom stereocenters. The van der Waals surface area contributed by atoms with E-state index in [0.29, 0.717) is 6.42 Å². The zero-order chi connectivity index (χ0) is 16.5. The van der Waals surface area contributed by atoms with E-state index in [1.165, 1.54) is 0 Å². The first-order valence-corrected chi connectivity index (χ1v) is 7.49. The highest BCUT2D eigenvalue weighted by Gasteiger charge is 2.22. The monoisotopic (exact) mass is 303 g/mol. The van der Waals surface area contributed by atoms with Crippen molar-refractivity contribution in [3.8, 4) is 0 Å². The average molecular weight is 303 g/mol. The normalized spacial score (nSPS) is 14.2. The summed E-state index contributed by atoms with van der Waals surface area (Å²) in [5.41, 5.74) is -0.626. The molecule has 124 valence electrons. The Kier molecular flexibility index (Phi) is 9.01. The SMILES string of the molecule is CCCCCC(=O)OCC(C)C(O)NC(=O)OC(C)(C)C. The van der Waals surface area contributed by atoms with Crippen LogP contribution in [0.4, 0.5) is 4.79 Å². The number of carbonyl (C=O) groups is 2. The first-order chi connectivity index (χ1) is 9.65. The fourth-order valence-corrected chi connectivity index (χ4v) is 1.48. The Hall–Kier alpha value is -1.30. The standard InChI is InChI=1S/C15H29NO5/c1-6-7-8-9-12(17)20-10-11(2)13(18)16-14(19)21-15(3,4)5/h11,13,18H,6-10H2,1-5H3,(H,16,19). The molecule has 0 radical (unpaired) electrons. The van der Waals surface area contributed by atoms with E-state index in [4.69, 9.17) is 9.47 Å². The van der Waals surface area contributed by atoms with Crippen LogP contribution >= 0.6 is 0 Å². The number of hydrogen-bond donors (Lipinski definition) is 2. The molecule has 0 bridgehead atoms. The van der Waals surface area contributed by atoms with Gasteiger partial charge in [-0.3, -0.25) is 10.1 Å². The van der Waals surface area contributed by atoms with Gasteiger partial charge in [-0.2, -0.15) is 0 Å². The van der Waals surface area contributed by atoms with Gasteiger partial charge in [-0.25, -0.2) is 4.79 Å². The van der Waals surface area contributed by atoms with Crippen LogP contribution in [0.2, 0.25) is 0 Å². The van der Waals surface area contributed by atoms with Crippen molar-refractivity contribution < 1.29 is 24.2 Å². The molecule has 6 heteroatoms. The van der Waals surface area contributed by atoms with E-state index in [-0.39, 0.29) is 12.6 Å². The minimum Gasteiger partial charge on any atom is -0.465 e. The van der Waals surface area contributed by atoms with Gasteiger partial charge in [-0.1, -0.05) is 26.7 Å². The first-order valence-electron chi connectivity index (χ1n) is 7.49. The molecule has 0 aliphatic rings. The molecule has 0 rings (SSSR count). The molecule has 1 amide bonds. The maximum absolute atomic E-state index is 11.5. The maximum atomic E-state index is 11.5. The van der Waals surface area contributed by atoms with Crippen molar-refractivity contribution in [1.29, 1.82) is 0 Å². The summed E-state index contributed by atoms with van der Waals surface area (Å²) in [5, 5.41) is 12.1. The lowest BCUT2D eigenvalue weighted by atomic mass is 10.1. The number of unbranched alkanes of at least 4 members (excludes halogenated alkanes) is 2. The number of carbonyl (C=O) groups excluding carboxylic acids is 2. The summed E-state index contributed by atoms with van der Waals surface area (Å²) in [6.07, 6.45) is 1.41. The fraction of sp³-hybridized carbons (Fsp3) is 0.867. The summed E-state index contributed by atoms with van der Waals surface area (Å²) >= 11 is 0. The molecule has 2 atom stereocenters. The molecule has 0 saturated heterocycles. The summed E-state index contributed by atoms with van der Waals surface area (Å²) in [5.74, 6) is -0.688. The van der Waals surface area contributed by atoms with Crippen molar-refractivity contribution in [2.24, 2.45) is 5.92 Å². The van der Waals surface area contributed by atoms with Gasteiger partial charge >= 0.3 is 12.1 Å². The lowest BCUT2D eigenvalue weighted by Gasteiger charge is -2.24. The van der Waals surface area contributed by atoms with E-state index in [1.807, 2.05) is 0 Å². The third-order valence-corrected chi connectivity index (χ3v) is 2.70. The maximum Gasteiger partial charge on any atom is 0.409 e. The van der Waals surface area contributed by atoms with Crippen LogP contribution in [0.15, 0.2) is 0 Å². The van der Waals surface area contributed by atoms with Crippen molar-refractivity contribution in [3.05, 3.63) is 0 Å². The van der Waals surface area contributed by atoms with Gasteiger partial charge in [0.05, 0.1) is 6.61 Å². The van der Waals surface area contributed by atoms with Gasteiger partial charge in [-0.15, -0.1) is 0 Å². The van der Waals surface area contributed by atoms with Gasteiger partial charge in [0.15, 0.2) is 0 Å². The molecule has 0 spiro atoms. The Morgan fingerprint density at radius 3 is 2.38 bits per heavy atom. The molecule has 0 aromatic heterocycles. The number of amides is 1. The number of alkyl carbamates (subject to hydrolysis) is 1. The Labute approximate surface area is 127 Å². The van der Waals surface area contributed by atoms with Crippen LogP contribution in [0, 0.1) is 5.92 Å². The molecule has 0 aliphatic carbocycles. The third-order valence-electron chi connectivity index (χ3n) is 2.70. The Morgan fingerprint density at radius 2 is 1.86 bits per heavy atom. The Bertz CT molecular complexity index is 325. The fourth-order valence-electron chi connectivity index (χ4n) is 1.48. The molecule has 0 heterocycles. The summed E-state index contributed by atoms with van der Waals surface area (Å²) in [6, 6.07) is 0. The molecule has 0 saturated carbocycles. The summed E-state index contributed by atoms with van der Waals surface area (Å²) < 4.78 is 10.1. The van der Waals surface area contributed by atoms with Gasteiger partial charge in [0.1, 0.15) is 11.8 Å². The van der Waals surface area contributed by atoms with E-state index >= 15 is 0 Å². The summed E-state index contributed by atoms with van der Waals surface area (Å²) in [7, 11) is 0. The zero-order valence-corrected chi connectivity index (χ0v) is 13.8. The van der Waals surface area contributed by atoms with Crippen LogP contribution in [0.1, 0.15) is 60.3 Å². The quantitative estimate of drug-likeness (QED) is 0.409. The molecular weight excluding hydrogens is 274 g/mol. The zero-order valence-electron chi connectivity index (χ0n) is 13.8. The Balaban J connectivity index is 3.96. The lowest BCUT2D eigenvalue weighted by Crippen LogP contribution is -2.43. The number of aliphatic hydroxyl groups is 1. The summed E-state index contributed by atoms with van der Waals surface area (Å²) in [4.78, 5) is 22.9. The van der Waals surface area contributed by atoms with E-state index < -0.39 is 23.8 Å². The Morgan fingerprint density at radius 1 is 1.24 bits per heavy atom. The largest absolute Gasteiger partial charge is 0.465 e. The second-order valence-corrected chi connectivity index (χ2v) is 6.21. The van der Waals surface area contributed by atoms with E-state index in [0.717, 1.165) is 19.3 Å². The molecule has 6 nitrogen and oxygen atoms in total. The second-order valence-electron chi connectivity index (χ2n) is 6.21. The van der Waals surface area contributed by atoms with Crippen molar-refractivity contribution >= 4 is 12.1 Å². The van der Waals surface area contributed by atoms with E-state index in [9.17, 15) is 14.7 Å². The topological polar surface area (TPSA) is 84.9 Å². The molecule has 21 heavy (non-hydrogen) atoms. The van der Waals surface area contributed by atoms with Crippen molar-refractivity contribution in [2.75, 3.05) is 6.61 Å². The highest BCUT2D eigenvalue weighted by atomic mass is 16.6. The minimum atomic E-state index is -1.12. The molecule has 0 aromatic carbocycles. The minimum absolute atomic E-state index is 0.0575. The van der Waals surface area contributed by atoms with Crippen LogP contribution in [-0.2, 0) is 14.3 Å². The first kappa shape index (κ1) is 19.7. The number of nitrogens with one attached hydrogen (secondary N) is 1. The van der Waals surface area contributed by atoms with Gasteiger partial charge < -0.3 is 14.6 Å². The van der Waals surface area contributed by atoms with Crippen LogP contribution in [-0.4, -0.2) is 35.6 Å². The number of hydrogen-bond acceptors (Lipinski definition) is 5. The predicted molar refractivity (Wildman–Crippen MR) is 79.6 cm³/mol. The third kappa shape index (κ3) is 11.1. The van der Waals surface area contributed by atoms with E-state index in [1.54, 1.807) is 27.7 Å². The van der Waals surface area contributed by atoms with Crippen LogP contribution < -0.4 is 5.32 Å². The smallest absolute Gasteiger partial charge is 0.409 e. The molecule has 0 aromatic rings. The lowest BCUT2D eigenvalue weighted by molar-refractivity contribution is -0.146. The van der Waals surface area contributed by atoms with Crippen molar-refractivity contribution in [2.45, 2.75) is 72.1 Å². The number of rotatable bonds is 8. The van der Waals surface area contributed by atoms with E-state index in [2.05, 4.69) is 12.2 Å². The highest BCUT2D eigenvalue weighted by Crippen LogP contribution is 2.09. The number of esters is 1. The van der Waals surface area contributed by atoms with Gasteiger partial charge in [0, 0.05) is 12.3 Å². The van der Waals surface area contributed by atoms with Crippen LogP contribution in [0.5, 0.6) is 0 Å². The predicted octanol–water partition coefficient (Wildman–Crippen LogP) is 2.59. The second kappa shape index (κ2) is 9.60. The van der Waals surface area contributed by atoms with Gasteiger partial charge in [-0.05, 0) is 27.2 Å². The van der Waals surface area contributed by atoms with Gasteiger partial charge in [0.25, 0.3) is 0 Å². The van der Waals surface area contributed by atoms with Crippen LogP contribution in [0.25, 0.3) is 0 Å². The molecular formula is C15H29NO5. The number of ether oxygens (including phenoxy) is 2. The molecule has 0 aliphatic heterocycles. The highest BCUT2D eigenvalue weighted by molar-refractivity contribution is 5.69. The number of aliphatic hydroxyl groups excluding tert-OH is 1. The van der Waals surface area contributed by atoms with Crippen molar-refractivity contribution in [1.82, 2.24) is 5.32 Å². The van der Waals surface area contributed by atoms with Gasteiger partial charge in [0.2, 0.25) is 0 Å². The molecule has 0 fully saturated rings. The summed E-state index contributed by atoms with van der Waals surface area (Å²) in [6.45, 7) is 9.01. The molecule has 2 N–H and O–H groups in total.